The van der Waals surface area contributed by atoms with Crippen LogP contribution in [-0.2, 0) is 11.2 Å². The summed E-state index contributed by atoms with van der Waals surface area (Å²) >= 11 is 6.43. The summed E-state index contributed by atoms with van der Waals surface area (Å²) in [7, 11) is 3.28. The molecule has 0 aliphatic carbocycles. The number of rotatable bonds is 7. The molecule has 3 N–H and O–H groups in total. The van der Waals surface area contributed by atoms with Crippen molar-refractivity contribution >= 4 is 17.5 Å². The molecule has 0 saturated carbocycles. The molecule has 0 spiro atoms. The highest BCUT2D eigenvalue weighted by Crippen LogP contribution is 2.49. The predicted molar refractivity (Wildman–Crippen MR) is 138 cm³/mol. The molecule has 5 rings (SSSR count). The van der Waals surface area contributed by atoms with Crippen molar-refractivity contribution in [2.75, 3.05) is 20.8 Å². The van der Waals surface area contributed by atoms with Crippen LogP contribution in [-0.4, -0.2) is 42.7 Å². The van der Waals surface area contributed by atoms with Gasteiger partial charge in [0.2, 0.25) is 5.91 Å². The number of halogens is 1. The number of carbonyl (C=O) groups is 1. The fourth-order valence-corrected chi connectivity index (χ4v) is 5.59. The lowest BCUT2D eigenvalue weighted by molar-refractivity contribution is -0.130. The van der Waals surface area contributed by atoms with Crippen molar-refractivity contribution in [2.45, 2.75) is 31.5 Å². The first-order chi connectivity index (χ1) is 17.4. The van der Waals surface area contributed by atoms with Crippen LogP contribution in [0.2, 0.25) is 5.02 Å². The number of benzene rings is 3. The van der Waals surface area contributed by atoms with Crippen molar-refractivity contribution < 1.29 is 19.4 Å². The van der Waals surface area contributed by atoms with Crippen LogP contribution in [0.5, 0.6) is 17.2 Å². The molecule has 188 valence electrons. The predicted octanol–water partition coefficient (Wildman–Crippen LogP) is 4.33. The summed E-state index contributed by atoms with van der Waals surface area (Å²) < 4.78 is 10.8. The van der Waals surface area contributed by atoms with Crippen LogP contribution in [0.3, 0.4) is 0 Å². The maximum atomic E-state index is 13.7. The summed E-state index contributed by atoms with van der Waals surface area (Å²) in [5.41, 5.74) is 10.0. The number of hydrazine groups is 1. The van der Waals surface area contributed by atoms with Gasteiger partial charge in [-0.2, -0.15) is 0 Å². The summed E-state index contributed by atoms with van der Waals surface area (Å²) in [6, 6.07) is 18.2. The molecule has 0 aromatic heterocycles. The van der Waals surface area contributed by atoms with E-state index in [0.29, 0.717) is 23.6 Å². The van der Waals surface area contributed by atoms with E-state index in [0.717, 1.165) is 28.2 Å². The van der Waals surface area contributed by atoms with Crippen LogP contribution in [0.4, 0.5) is 0 Å². The third kappa shape index (κ3) is 4.39. The third-order valence-corrected chi connectivity index (χ3v) is 7.70. The average Bonchev–Trinajstić information content (AvgIpc) is 3.43. The van der Waals surface area contributed by atoms with Crippen molar-refractivity contribution in [1.29, 1.82) is 0 Å². The molecule has 2 saturated heterocycles. The van der Waals surface area contributed by atoms with E-state index in [1.165, 1.54) is 0 Å². The molecule has 3 aromatic rings. The van der Waals surface area contributed by atoms with E-state index in [-0.39, 0.29) is 29.7 Å². The van der Waals surface area contributed by atoms with Crippen LogP contribution in [0, 0.1) is 12.8 Å². The number of amides is 1. The number of aryl methyl sites for hydroxylation is 1. The first-order valence-corrected chi connectivity index (χ1v) is 12.4. The van der Waals surface area contributed by atoms with Gasteiger partial charge in [-0.15, -0.1) is 0 Å². The maximum Gasteiger partial charge on any atom is 0.242 e. The lowest BCUT2D eigenvalue weighted by Gasteiger charge is -2.32. The zero-order valence-corrected chi connectivity index (χ0v) is 21.3. The number of fused-ring (bicyclic) bond motifs is 1. The fraction of sp³-hybridized carbons (Fsp3) is 0.321. The molecule has 0 radical (unpaired) electrons. The second-order valence-corrected chi connectivity index (χ2v) is 9.74. The van der Waals surface area contributed by atoms with E-state index in [9.17, 15) is 9.90 Å². The van der Waals surface area contributed by atoms with Crippen molar-refractivity contribution in [3.63, 3.8) is 0 Å². The molecule has 2 heterocycles. The van der Waals surface area contributed by atoms with Gasteiger partial charge in [-0.05, 0) is 66.4 Å². The fourth-order valence-electron chi connectivity index (χ4n) is 5.41. The molecular weight excluding hydrogens is 478 g/mol. The highest BCUT2D eigenvalue weighted by atomic mass is 35.5. The van der Waals surface area contributed by atoms with E-state index in [4.69, 9.17) is 21.1 Å². The Balaban J connectivity index is 1.51. The number of nitrogens with zero attached hydrogens (tertiary/aromatic N) is 1. The van der Waals surface area contributed by atoms with Gasteiger partial charge in [0.05, 0.1) is 26.3 Å². The largest absolute Gasteiger partial charge is 0.508 e. The summed E-state index contributed by atoms with van der Waals surface area (Å²) in [5.74, 6) is 1.54. The molecule has 8 heteroatoms. The lowest BCUT2D eigenvalue weighted by Crippen LogP contribution is -2.42. The van der Waals surface area contributed by atoms with Gasteiger partial charge in [-0.1, -0.05) is 35.9 Å². The molecule has 1 amide bonds. The van der Waals surface area contributed by atoms with Crippen molar-refractivity contribution in [1.82, 2.24) is 15.8 Å². The van der Waals surface area contributed by atoms with Gasteiger partial charge in [-0.3, -0.25) is 4.79 Å². The van der Waals surface area contributed by atoms with Gasteiger partial charge in [0.1, 0.15) is 23.3 Å². The maximum absolute atomic E-state index is 13.7. The quantitative estimate of drug-likeness (QED) is 0.441. The Labute approximate surface area is 215 Å². The Morgan fingerprint density at radius 2 is 1.69 bits per heavy atom. The van der Waals surface area contributed by atoms with Crippen LogP contribution in [0.1, 0.15) is 34.3 Å². The van der Waals surface area contributed by atoms with Gasteiger partial charge in [0.25, 0.3) is 0 Å². The van der Waals surface area contributed by atoms with Crippen LogP contribution < -0.4 is 20.3 Å². The minimum absolute atomic E-state index is 0.0222. The van der Waals surface area contributed by atoms with Gasteiger partial charge in [-0.25, -0.2) is 10.9 Å². The zero-order chi connectivity index (χ0) is 25.4. The molecule has 2 aliphatic heterocycles. The molecule has 4 atom stereocenters. The summed E-state index contributed by atoms with van der Waals surface area (Å²) in [6.07, 6.45) is 0.704. The van der Waals surface area contributed by atoms with E-state index in [1.807, 2.05) is 60.4 Å². The minimum atomic E-state index is -0.443. The normalized spacial score (nSPS) is 23.1. The SMILES string of the molecule is COc1ccc(CCN2C(=O)C3NNC(c4cc(Cl)c(C)cc4O)C3C2c2cccc(OC)c2)cc1. The number of likely N-dealkylation sites (tertiary alicyclic amines) is 1. The van der Waals surface area contributed by atoms with Gasteiger partial charge >= 0.3 is 0 Å². The number of ether oxygens (including phenoxy) is 2. The van der Waals surface area contributed by atoms with Crippen molar-refractivity contribution in [2.24, 2.45) is 5.92 Å². The van der Waals surface area contributed by atoms with Crippen LogP contribution in [0.25, 0.3) is 0 Å². The van der Waals surface area contributed by atoms with Gasteiger partial charge < -0.3 is 19.5 Å². The molecular formula is C28H30ClN3O4. The summed E-state index contributed by atoms with van der Waals surface area (Å²) in [6.45, 7) is 2.41. The number of carbonyl (C=O) groups excluding carboxylic acids is 1. The monoisotopic (exact) mass is 507 g/mol. The Bertz CT molecular complexity index is 1270. The van der Waals surface area contributed by atoms with E-state index in [1.54, 1.807) is 26.4 Å². The summed E-state index contributed by atoms with van der Waals surface area (Å²) in [5, 5.41) is 11.4. The number of phenols is 1. The second-order valence-electron chi connectivity index (χ2n) is 9.33. The number of aromatic hydroxyl groups is 1. The Kier molecular flexibility index (Phi) is 6.79. The van der Waals surface area contributed by atoms with E-state index < -0.39 is 6.04 Å². The van der Waals surface area contributed by atoms with Gasteiger partial charge in [0, 0.05) is 23.0 Å². The Morgan fingerprint density at radius 1 is 0.972 bits per heavy atom. The topological polar surface area (TPSA) is 83.1 Å². The number of methoxy groups -OCH3 is 2. The number of hydrogen-bond acceptors (Lipinski definition) is 6. The number of phenolic OH excluding ortho intramolecular Hbond substituents is 1. The molecule has 2 fully saturated rings. The first kappa shape index (κ1) is 24.4. The highest BCUT2D eigenvalue weighted by Gasteiger charge is 2.55. The Morgan fingerprint density at radius 3 is 2.42 bits per heavy atom. The molecule has 3 aromatic carbocycles. The Hall–Kier alpha value is -3.26. The molecule has 4 unspecified atom stereocenters. The summed E-state index contributed by atoms with van der Waals surface area (Å²) in [4.78, 5) is 15.7. The zero-order valence-electron chi connectivity index (χ0n) is 20.5. The number of hydrogen-bond donors (Lipinski definition) is 3. The molecule has 7 nitrogen and oxygen atoms in total. The standard InChI is InChI=1S/C28H30ClN3O4/c1-16-13-23(33)21(15-22(16)29)25-24-26(31-30-25)28(34)32(12-11-17-7-9-19(35-2)10-8-17)27(24)18-5-4-6-20(14-18)36-3/h4-10,13-15,24-27,30-31,33H,11-12H2,1-3H3. The van der Waals surface area contributed by atoms with E-state index in [2.05, 4.69) is 10.9 Å². The van der Waals surface area contributed by atoms with Crippen molar-refractivity contribution in [3.8, 4) is 17.2 Å². The molecule has 36 heavy (non-hydrogen) atoms. The lowest BCUT2D eigenvalue weighted by atomic mass is 9.83. The third-order valence-electron chi connectivity index (χ3n) is 7.29. The average molecular weight is 508 g/mol. The second kappa shape index (κ2) is 10.0. The van der Waals surface area contributed by atoms with Gasteiger partial charge in [0.15, 0.2) is 0 Å². The number of nitrogens with one attached hydrogen (secondary N) is 2. The molecule has 2 aliphatic rings. The van der Waals surface area contributed by atoms with E-state index >= 15 is 0 Å². The minimum Gasteiger partial charge on any atom is -0.508 e. The molecule has 0 bridgehead atoms. The van der Waals surface area contributed by atoms with Crippen molar-refractivity contribution in [3.05, 3.63) is 87.9 Å². The first-order valence-electron chi connectivity index (χ1n) is 12.0. The smallest absolute Gasteiger partial charge is 0.242 e. The highest BCUT2D eigenvalue weighted by molar-refractivity contribution is 6.31. The van der Waals surface area contributed by atoms with Crippen LogP contribution >= 0.6 is 11.6 Å². The van der Waals surface area contributed by atoms with Crippen LogP contribution in [0.15, 0.2) is 60.7 Å².